The Kier molecular flexibility index (Phi) is 10.3. The van der Waals surface area contributed by atoms with Crippen LogP contribution in [-0.4, -0.2) is 0 Å². The van der Waals surface area contributed by atoms with Crippen LogP contribution in [0.2, 0.25) is 0 Å². The molecule has 0 fully saturated rings. The van der Waals surface area contributed by atoms with Crippen LogP contribution in [-0.2, 0) is 0 Å². The molecule has 0 amide bonds. The van der Waals surface area contributed by atoms with E-state index in [2.05, 4.69) is 303 Å². The molecule has 0 spiro atoms. The molecule has 90 heavy (non-hydrogen) atoms. The predicted molar refractivity (Wildman–Crippen MR) is 383 cm³/mol. The first-order valence-electron chi connectivity index (χ1n) is 31.1. The number of rotatable bonds is 5. The molecule has 0 aliphatic rings. The van der Waals surface area contributed by atoms with E-state index in [4.69, 9.17) is 8.83 Å². The second-order valence-electron chi connectivity index (χ2n) is 24.4. The average molecular weight is 1140 g/mol. The SMILES string of the molecule is c1ccc2c(c1)ccc1c3cc(-c4c5ccccc5c(-c5ccc6ccc7c(-c8ccc9c(ccc%10c%11cc(-c%12c%13ccccc%13c(-c%13cccc%14ccc%15ccccc%15c%13%14)c%13ccccc%12%13)ccc%11oc9%10)c8)cccc7c6c5)c5ccccc45)ccc3oc21. The molecule has 0 atom stereocenters. The van der Waals surface area contributed by atoms with Crippen LogP contribution < -0.4 is 0 Å². The lowest BCUT2D eigenvalue weighted by Crippen LogP contribution is -1.92. The van der Waals surface area contributed by atoms with E-state index in [1.54, 1.807) is 0 Å². The summed E-state index contributed by atoms with van der Waals surface area (Å²) in [5.74, 6) is 0. The van der Waals surface area contributed by atoms with Gasteiger partial charge < -0.3 is 8.83 Å². The summed E-state index contributed by atoms with van der Waals surface area (Å²) in [4.78, 5) is 0. The zero-order valence-electron chi connectivity index (χ0n) is 48.7. The van der Waals surface area contributed by atoms with E-state index in [-0.39, 0.29) is 0 Å². The van der Waals surface area contributed by atoms with E-state index >= 15 is 0 Å². The predicted octanol–water partition coefficient (Wildman–Crippen LogP) is 25.4. The van der Waals surface area contributed by atoms with Gasteiger partial charge in [-0.2, -0.15) is 0 Å². The van der Waals surface area contributed by atoms with Gasteiger partial charge in [-0.05, 0) is 207 Å². The Balaban J connectivity index is 0.692. The molecule has 414 valence electrons. The van der Waals surface area contributed by atoms with Crippen LogP contribution in [0.3, 0.4) is 0 Å². The summed E-state index contributed by atoms with van der Waals surface area (Å²) >= 11 is 0. The quantitative estimate of drug-likeness (QED) is 0.127. The fourth-order valence-electron chi connectivity index (χ4n) is 15.8. The summed E-state index contributed by atoms with van der Waals surface area (Å²) < 4.78 is 13.5. The lowest BCUT2D eigenvalue weighted by Gasteiger charge is -2.19. The van der Waals surface area contributed by atoms with Crippen molar-refractivity contribution in [1.29, 1.82) is 0 Å². The Morgan fingerprint density at radius 3 is 1.10 bits per heavy atom. The summed E-state index contributed by atoms with van der Waals surface area (Å²) in [6, 6.07) is 112. The van der Waals surface area contributed by atoms with Gasteiger partial charge in [-0.1, -0.05) is 249 Å². The topological polar surface area (TPSA) is 26.3 Å². The largest absolute Gasteiger partial charge is 0.455 e. The van der Waals surface area contributed by atoms with Crippen LogP contribution in [0.5, 0.6) is 0 Å². The normalized spacial score (nSPS) is 12.2. The highest BCUT2D eigenvalue weighted by Gasteiger charge is 2.23. The van der Waals surface area contributed by atoms with Crippen LogP contribution in [0, 0.1) is 0 Å². The van der Waals surface area contributed by atoms with Crippen LogP contribution in [0.15, 0.2) is 312 Å². The Labute approximate surface area is 516 Å². The average Bonchev–Trinajstić information content (AvgIpc) is 0.985. The Bertz CT molecular complexity index is 6420. The van der Waals surface area contributed by atoms with Gasteiger partial charge in [-0.25, -0.2) is 0 Å². The Hall–Kier alpha value is -11.8. The van der Waals surface area contributed by atoms with Crippen LogP contribution in [0.25, 0.3) is 207 Å². The van der Waals surface area contributed by atoms with E-state index in [1.165, 1.54) is 147 Å². The summed E-state index contributed by atoms with van der Waals surface area (Å²) in [7, 11) is 0. The van der Waals surface area contributed by atoms with Crippen molar-refractivity contribution in [2.75, 3.05) is 0 Å². The highest BCUT2D eigenvalue weighted by atomic mass is 16.3. The lowest BCUT2D eigenvalue weighted by atomic mass is 9.84. The monoisotopic (exact) mass is 1140 g/mol. The third kappa shape index (κ3) is 7.10. The maximum absolute atomic E-state index is 6.91. The maximum atomic E-state index is 6.91. The van der Waals surface area contributed by atoms with Crippen molar-refractivity contribution in [3.63, 3.8) is 0 Å². The Morgan fingerprint density at radius 2 is 0.522 bits per heavy atom. The fraction of sp³-hybridized carbons (Fsp3) is 0. The zero-order chi connectivity index (χ0) is 58.7. The van der Waals surface area contributed by atoms with E-state index < -0.39 is 0 Å². The van der Waals surface area contributed by atoms with Gasteiger partial charge in [0.25, 0.3) is 0 Å². The molecule has 20 rings (SSSR count). The second-order valence-corrected chi connectivity index (χ2v) is 24.4. The van der Waals surface area contributed by atoms with E-state index in [0.717, 1.165) is 60.0 Å². The first kappa shape index (κ1) is 49.3. The molecule has 0 N–H and O–H groups in total. The molecular formula is C88H50O2. The van der Waals surface area contributed by atoms with Gasteiger partial charge in [0.1, 0.15) is 22.3 Å². The second kappa shape index (κ2) is 18.8. The van der Waals surface area contributed by atoms with Gasteiger partial charge in [-0.15, -0.1) is 0 Å². The van der Waals surface area contributed by atoms with Gasteiger partial charge in [0.2, 0.25) is 0 Å². The molecule has 0 radical (unpaired) electrons. The van der Waals surface area contributed by atoms with Gasteiger partial charge in [-0.3, -0.25) is 0 Å². The van der Waals surface area contributed by atoms with Gasteiger partial charge in [0, 0.05) is 32.3 Å². The van der Waals surface area contributed by atoms with Crippen LogP contribution >= 0.6 is 0 Å². The summed E-state index contributed by atoms with van der Waals surface area (Å²) in [5, 5.41) is 28.8. The highest BCUT2D eigenvalue weighted by Crippen LogP contribution is 2.50. The summed E-state index contributed by atoms with van der Waals surface area (Å²) in [5.41, 5.74) is 15.8. The van der Waals surface area contributed by atoms with Gasteiger partial charge >= 0.3 is 0 Å². The lowest BCUT2D eigenvalue weighted by molar-refractivity contribution is 0.672. The van der Waals surface area contributed by atoms with Crippen LogP contribution in [0.4, 0.5) is 0 Å². The molecule has 2 aromatic heterocycles. The number of fused-ring (bicyclic) bond motifs is 20. The molecule has 0 bridgehead atoms. The summed E-state index contributed by atoms with van der Waals surface area (Å²) in [6.45, 7) is 0. The number of hydrogen-bond donors (Lipinski definition) is 0. The zero-order valence-corrected chi connectivity index (χ0v) is 48.7. The minimum absolute atomic E-state index is 0.880. The number of hydrogen-bond acceptors (Lipinski definition) is 2. The van der Waals surface area contributed by atoms with Gasteiger partial charge in [0.05, 0.1) is 0 Å². The highest BCUT2D eigenvalue weighted by molar-refractivity contribution is 6.28. The van der Waals surface area contributed by atoms with E-state index in [0.29, 0.717) is 0 Å². The third-order valence-corrected chi connectivity index (χ3v) is 19.8. The minimum atomic E-state index is 0.880. The fourth-order valence-corrected chi connectivity index (χ4v) is 15.8. The number of furan rings is 2. The Morgan fingerprint density at radius 1 is 0.167 bits per heavy atom. The van der Waals surface area contributed by atoms with Crippen molar-refractivity contribution in [2.45, 2.75) is 0 Å². The molecule has 0 aliphatic carbocycles. The molecule has 0 saturated carbocycles. The summed E-state index contributed by atoms with van der Waals surface area (Å²) in [6.07, 6.45) is 0. The molecule has 2 heterocycles. The van der Waals surface area contributed by atoms with Crippen molar-refractivity contribution in [3.8, 4) is 55.6 Å². The molecule has 2 nitrogen and oxygen atoms in total. The minimum Gasteiger partial charge on any atom is -0.455 e. The molecule has 2 heteroatoms. The van der Waals surface area contributed by atoms with E-state index in [1.807, 2.05) is 0 Å². The molecule has 20 aromatic rings. The maximum Gasteiger partial charge on any atom is 0.143 e. The molecule has 0 aliphatic heterocycles. The van der Waals surface area contributed by atoms with Crippen molar-refractivity contribution in [2.24, 2.45) is 0 Å². The standard InChI is InChI=1S/C88H50O2/c1-3-18-61-51(15-1)31-33-54-17-13-30-76(82(54)61)86-72-26-11-9-24-70(72)85(71-25-10-12-27-73(71)86)59-40-46-81-79(50-59)75-44-38-56-47-55(37-41-63(56)88(75)90-81)60-28-14-29-64-65(60)42-35-53-32-34-57(48-77(53)64)83-66-20-5-7-22-68(66)84(69-23-8-6-21-67(69)83)58-39-45-80-78(49-58)74-43-36-52-16-2-4-19-62(52)87(74)89-80/h1-50H. The van der Waals surface area contributed by atoms with Crippen molar-refractivity contribution < 1.29 is 8.83 Å². The van der Waals surface area contributed by atoms with Crippen molar-refractivity contribution >= 4 is 152 Å². The van der Waals surface area contributed by atoms with E-state index in [9.17, 15) is 0 Å². The van der Waals surface area contributed by atoms with Crippen LogP contribution in [0.1, 0.15) is 0 Å². The van der Waals surface area contributed by atoms with Gasteiger partial charge in [0.15, 0.2) is 0 Å². The molecule has 0 saturated heterocycles. The smallest absolute Gasteiger partial charge is 0.143 e. The number of benzene rings is 18. The van der Waals surface area contributed by atoms with Crippen molar-refractivity contribution in [3.05, 3.63) is 303 Å². The molecule has 0 unspecified atom stereocenters. The first-order valence-corrected chi connectivity index (χ1v) is 31.1. The molecular weight excluding hydrogens is 1090 g/mol. The third-order valence-electron chi connectivity index (χ3n) is 19.8. The first-order chi connectivity index (χ1) is 44.6. The molecule has 18 aromatic carbocycles. The van der Waals surface area contributed by atoms with Crippen molar-refractivity contribution in [1.82, 2.24) is 0 Å².